The van der Waals surface area contributed by atoms with Gasteiger partial charge in [0.2, 0.25) is 0 Å². The van der Waals surface area contributed by atoms with Crippen LogP contribution in [0.15, 0.2) is 47.3 Å². The van der Waals surface area contributed by atoms with Gasteiger partial charge in [0.1, 0.15) is 19.1 Å². The maximum absolute atomic E-state index is 13.4. The minimum Gasteiger partial charge on any atom is -0.335 e. The zero-order chi connectivity index (χ0) is 19.6. The van der Waals surface area contributed by atoms with Gasteiger partial charge in [-0.15, -0.1) is 0 Å². The summed E-state index contributed by atoms with van der Waals surface area (Å²) in [7, 11) is 4.30. The summed E-state index contributed by atoms with van der Waals surface area (Å²) in [5.41, 5.74) is 3.95. The van der Waals surface area contributed by atoms with Gasteiger partial charge in [0.05, 0.1) is 30.7 Å². The second kappa shape index (κ2) is 8.03. The van der Waals surface area contributed by atoms with Crippen molar-refractivity contribution in [1.82, 2.24) is 9.55 Å². The zero-order valence-electron chi connectivity index (χ0n) is 16.9. The zero-order valence-corrected chi connectivity index (χ0v) is 16.9. The summed E-state index contributed by atoms with van der Waals surface area (Å²) in [6.07, 6.45) is 0. The van der Waals surface area contributed by atoms with Crippen molar-refractivity contribution >= 4 is 10.9 Å². The maximum atomic E-state index is 13.4. The van der Waals surface area contributed by atoms with Gasteiger partial charge in [0.25, 0.3) is 5.56 Å². The van der Waals surface area contributed by atoms with Crippen molar-refractivity contribution in [3.8, 4) is 5.69 Å². The number of fused-ring (bicyclic) bond motifs is 1. The van der Waals surface area contributed by atoms with E-state index >= 15 is 0 Å². The number of aryl methyl sites for hydroxylation is 2. The number of quaternary nitrogens is 2. The molecular formula is C22H30N4O+2. The minimum atomic E-state index is 0.000961. The van der Waals surface area contributed by atoms with Crippen LogP contribution in [-0.2, 0) is 0 Å². The molecule has 27 heavy (non-hydrogen) atoms. The topological polar surface area (TPSA) is 55.9 Å². The number of benzene rings is 2. The lowest BCUT2D eigenvalue weighted by atomic mass is 10.1. The first-order valence-electron chi connectivity index (χ1n) is 9.60. The molecule has 0 aliphatic heterocycles. The number of nitrogens with two attached hydrogens (primary N) is 1. The van der Waals surface area contributed by atoms with Crippen molar-refractivity contribution in [3.05, 3.63) is 69.8 Å². The van der Waals surface area contributed by atoms with Crippen LogP contribution in [0.1, 0.15) is 29.9 Å². The Bertz CT molecular complexity index is 1010. The summed E-state index contributed by atoms with van der Waals surface area (Å²) in [4.78, 5) is 19.7. The van der Waals surface area contributed by atoms with Crippen molar-refractivity contribution < 1.29 is 10.2 Å². The van der Waals surface area contributed by atoms with Crippen LogP contribution in [0.5, 0.6) is 0 Å². The number of likely N-dealkylation sites (N-methyl/N-ethyl adjacent to an activating group) is 1. The van der Waals surface area contributed by atoms with Gasteiger partial charge in [0, 0.05) is 0 Å². The summed E-state index contributed by atoms with van der Waals surface area (Å²) >= 11 is 0. The average Bonchev–Trinajstić information content (AvgIpc) is 2.62. The predicted octanol–water partition coefficient (Wildman–Crippen LogP) is 0.771. The lowest BCUT2D eigenvalue weighted by molar-refractivity contribution is -0.877. The van der Waals surface area contributed by atoms with E-state index in [-0.39, 0.29) is 11.6 Å². The van der Waals surface area contributed by atoms with Crippen LogP contribution in [0.4, 0.5) is 0 Å². The number of hydrogen-bond donors (Lipinski definition) is 2. The summed E-state index contributed by atoms with van der Waals surface area (Å²) in [5, 5.41) is 2.93. The summed E-state index contributed by atoms with van der Waals surface area (Å²) in [5.74, 6) is 0.805. The molecule has 0 aliphatic carbocycles. The van der Waals surface area contributed by atoms with Crippen LogP contribution in [-0.4, -0.2) is 36.7 Å². The van der Waals surface area contributed by atoms with E-state index in [0.717, 1.165) is 35.7 Å². The highest BCUT2D eigenvalue weighted by molar-refractivity contribution is 5.78. The van der Waals surface area contributed by atoms with E-state index < -0.39 is 0 Å². The van der Waals surface area contributed by atoms with E-state index in [2.05, 4.69) is 52.3 Å². The third-order valence-corrected chi connectivity index (χ3v) is 4.97. The van der Waals surface area contributed by atoms with Gasteiger partial charge in [-0.1, -0.05) is 29.8 Å². The highest BCUT2D eigenvalue weighted by Crippen LogP contribution is 2.19. The first-order valence-corrected chi connectivity index (χ1v) is 9.60. The maximum Gasteiger partial charge on any atom is 0.266 e. The summed E-state index contributed by atoms with van der Waals surface area (Å²) < 4.78 is 1.81. The molecule has 0 radical (unpaired) electrons. The second-order valence-electron chi connectivity index (χ2n) is 7.69. The van der Waals surface area contributed by atoms with Crippen molar-refractivity contribution in [3.63, 3.8) is 0 Å². The average molecular weight is 367 g/mol. The van der Waals surface area contributed by atoms with Gasteiger partial charge in [0.15, 0.2) is 5.82 Å². The van der Waals surface area contributed by atoms with Crippen LogP contribution in [0.25, 0.3) is 16.6 Å². The Hall–Kier alpha value is -2.50. The fourth-order valence-corrected chi connectivity index (χ4v) is 3.47. The molecule has 5 heteroatoms. The van der Waals surface area contributed by atoms with Crippen LogP contribution >= 0.6 is 0 Å². The molecule has 0 saturated heterocycles. The molecule has 0 saturated carbocycles. The molecule has 0 unspecified atom stereocenters. The molecule has 2 aromatic carbocycles. The molecule has 0 amide bonds. The van der Waals surface area contributed by atoms with Crippen LogP contribution in [0.2, 0.25) is 0 Å². The third-order valence-electron chi connectivity index (χ3n) is 4.97. The molecular weight excluding hydrogens is 336 g/mol. The number of rotatable bonds is 6. The Morgan fingerprint density at radius 2 is 1.89 bits per heavy atom. The molecule has 0 bridgehead atoms. The van der Waals surface area contributed by atoms with Gasteiger partial charge in [-0.2, -0.15) is 0 Å². The minimum absolute atomic E-state index is 0.000961. The first kappa shape index (κ1) is 19.3. The van der Waals surface area contributed by atoms with Gasteiger partial charge in [-0.25, -0.2) is 4.98 Å². The Morgan fingerprint density at radius 1 is 1.15 bits per heavy atom. The second-order valence-corrected chi connectivity index (χ2v) is 7.69. The van der Waals surface area contributed by atoms with Gasteiger partial charge in [-0.3, -0.25) is 9.36 Å². The molecule has 0 spiro atoms. The first-order chi connectivity index (χ1) is 12.9. The molecule has 142 valence electrons. The molecule has 0 aliphatic rings. The highest BCUT2D eigenvalue weighted by Gasteiger charge is 2.21. The number of hydrogen-bond acceptors (Lipinski definition) is 2. The molecule has 3 rings (SSSR count). The highest BCUT2D eigenvalue weighted by atomic mass is 16.1. The standard InChI is InChI=1S/C22H28N4O/c1-15-10-11-20(16(2)14-15)26-21(17(3)23-12-13-25(4)5)24-19-9-7-6-8-18(19)22(26)27/h6-11,14,17,23H,12-13H2,1-5H3/p+2/t17-/m1/s1. The van der Waals surface area contributed by atoms with Gasteiger partial charge in [-0.05, 0) is 44.5 Å². The van der Waals surface area contributed by atoms with Crippen molar-refractivity contribution in [2.75, 3.05) is 27.2 Å². The SMILES string of the molecule is Cc1ccc(-n2c([C@@H](C)[NH2+]CC[NH+](C)C)nc3ccccc3c2=O)c(C)c1. The molecule has 3 aromatic rings. The summed E-state index contributed by atoms with van der Waals surface area (Å²) in [6.45, 7) is 8.29. The normalized spacial score (nSPS) is 12.7. The van der Waals surface area contributed by atoms with Crippen molar-refractivity contribution in [2.24, 2.45) is 0 Å². The van der Waals surface area contributed by atoms with Gasteiger partial charge < -0.3 is 10.2 Å². The van der Waals surface area contributed by atoms with E-state index in [9.17, 15) is 4.79 Å². The van der Waals surface area contributed by atoms with Crippen LogP contribution in [0.3, 0.4) is 0 Å². The van der Waals surface area contributed by atoms with Crippen LogP contribution in [0, 0.1) is 13.8 Å². The molecule has 5 nitrogen and oxygen atoms in total. The summed E-state index contributed by atoms with van der Waals surface area (Å²) in [6, 6.07) is 13.9. The van der Waals surface area contributed by atoms with Crippen LogP contribution < -0.4 is 15.8 Å². The lowest BCUT2D eigenvalue weighted by Gasteiger charge is -2.19. The fraction of sp³-hybridized carbons (Fsp3) is 0.364. The van der Waals surface area contributed by atoms with Gasteiger partial charge >= 0.3 is 0 Å². The number of nitrogens with one attached hydrogen (secondary N) is 1. The van der Waals surface area contributed by atoms with E-state index in [4.69, 9.17) is 4.98 Å². The smallest absolute Gasteiger partial charge is 0.266 e. The fourth-order valence-electron chi connectivity index (χ4n) is 3.47. The van der Waals surface area contributed by atoms with E-state index in [1.165, 1.54) is 10.5 Å². The Labute approximate surface area is 160 Å². The lowest BCUT2D eigenvalue weighted by Crippen LogP contribution is -3.09. The van der Waals surface area contributed by atoms with E-state index in [1.807, 2.05) is 30.3 Å². The van der Waals surface area contributed by atoms with Crippen molar-refractivity contribution in [1.29, 1.82) is 0 Å². The van der Waals surface area contributed by atoms with E-state index in [0.29, 0.717) is 5.39 Å². The molecule has 1 aromatic heterocycles. The number of aromatic nitrogens is 2. The Balaban J connectivity index is 2.17. The molecule has 1 atom stereocenters. The number of para-hydroxylation sites is 1. The quantitative estimate of drug-likeness (QED) is 0.677. The molecule has 3 N–H and O–H groups in total. The predicted molar refractivity (Wildman–Crippen MR) is 110 cm³/mol. The molecule has 0 fully saturated rings. The number of nitrogens with zero attached hydrogens (tertiary/aromatic N) is 2. The monoisotopic (exact) mass is 366 g/mol. The third kappa shape index (κ3) is 4.10. The Kier molecular flexibility index (Phi) is 5.73. The van der Waals surface area contributed by atoms with E-state index in [1.54, 1.807) is 4.57 Å². The Morgan fingerprint density at radius 3 is 2.59 bits per heavy atom. The van der Waals surface area contributed by atoms with Crippen molar-refractivity contribution in [2.45, 2.75) is 26.8 Å². The largest absolute Gasteiger partial charge is 0.335 e. The molecule has 1 heterocycles.